The second-order valence-electron chi connectivity index (χ2n) is 8.23. The Bertz CT molecular complexity index is 956. The van der Waals surface area contributed by atoms with Crippen LogP contribution in [0.15, 0.2) is 89.9 Å². The van der Waals surface area contributed by atoms with Crippen LogP contribution in [0.3, 0.4) is 0 Å². The summed E-state index contributed by atoms with van der Waals surface area (Å²) in [5.41, 5.74) is 1.16. The van der Waals surface area contributed by atoms with E-state index in [0.29, 0.717) is 12.0 Å². The van der Waals surface area contributed by atoms with Gasteiger partial charge in [0.25, 0.3) is 0 Å². The number of hydrogen-bond donors (Lipinski definition) is 0. The maximum Gasteiger partial charge on any atom is 0.217 e. The molecule has 0 radical (unpaired) electrons. The lowest BCUT2D eigenvalue weighted by Crippen LogP contribution is -2.25. The standard InChI is InChI=1S/C27H28NOP/c1-4-12-21(13-5-1)25-20-29-27(28-25)24-18-10-11-19-26(24)30(22-14-6-2-7-15-22)23-16-8-3-9-17-23/h2-3,6-11,14-19,21,25H,1,4-5,12-13,20H2/t25-/m0/s1. The van der Waals surface area contributed by atoms with E-state index in [1.165, 1.54) is 48.0 Å². The molecule has 3 aromatic carbocycles. The zero-order valence-corrected chi connectivity index (χ0v) is 18.2. The lowest BCUT2D eigenvalue weighted by Gasteiger charge is -2.24. The van der Waals surface area contributed by atoms with Crippen molar-refractivity contribution in [3.8, 4) is 0 Å². The number of rotatable bonds is 5. The Morgan fingerprint density at radius 1 is 0.700 bits per heavy atom. The minimum absolute atomic E-state index is 0.327. The van der Waals surface area contributed by atoms with Crippen LogP contribution in [0.25, 0.3) is 0 Å². The monoisotopic (exact) mass is 413 g/mol. The van der Waals surface area contributed by atoms with Crippen molar-refractivity contribution in [2.75, 3.05) is 6.61 Å². The summed E-state index contributed by atoms with van der Waals surface area (Å²) in [4.78, 5) is 5.12. The number of benzene rings is 3. The van der Waals surface area contributed by atoms with Gasteiger partial charge in [-0.15, -0.1) is 0 Å². The molecule has 1 atom stereocenters. The average molecular weight is 414 g/mol. The molecule has 152 valence electrons. The largest absolute Gasteiger partial charge is 0.475 e. The van der Waals surface area contributed by atoms with Crippen molar-refractivity contribution in [1.82, 2.24) is 0 Å². The van der Waals surface area contributed by atoms with E-state index >= 15 is 0 Å². The lowest BCUT2D eigenvalue weighted by molar-refractivity contribution is 0.241. The molecule has 0 N–H and O–H groups in total. The summed E-state index contributed by atoms with van der Waals surface area (Å²) in [6.07, 6.45) is 6.66. The van der Waals surface area contributed by atoms with Gasteiger partial charge in [-0.3, -0.25) is 0 Å². The van der Waals surface area contributed by atoms with Crippen molar-refractivity contribution in [2.45, 2.75) is 38.1 Å². The Morgan fingerprint density at radius 3 is 1.97 bits per heavy atom. The van der Waals surface area contributed by atoms with Gasteiger partial charge in [-0.2, -0.15) is 0 Å². The first-order valence-corrected chi connectivity index (χ1v) is 12.4. The Balaban J connectivity index is 1.55. The van der Waals surface area contributed by atoms with E-state index < -0.39 is 7.92 Å². The zero-order chi connectivity index (χ0) is 20.2. The molecule has 0 amide bonds. The van der Waals surface area contributed by atoms with Gasteiger partial charge in [-0.1, -0.05) is 98.1 Å². The van der Waals surface area contributed by atoms with E-state index in [1.807, 2.05) is 0 Å². The summed E-state index contributed by atoms with van der Waals surface area (Å²) in [6.45, 7) is 0.739. The Labute approximate surface area is 180 Å². The molecule has 2 aliphatic rings. The Hall–Kier alpha value is -2.44. The minimum Gasteiger partial charge on any atom is -0.475 e. The van der Waals surface area contributed by atoms with Gasteiger partial charge in [0.05, 0.1) is 6.04 Å². The molecule has 0 spiro atoms. The molecule has 1 aliphatic heterocycles. The van der Waals surface area contributed by atoms with Gasteiger partial charge in [0, 0.05) is 5.56 Å². The number of nitrogens with zero attached hydrogens (tertiary/aromatic N) is 1. The van der Waals surface area contributed by atoms with Crippen molar-refractivity contribution in [2.24, 2.45) is 10.9 Å². The van der Waals surface area contributed by atoms with E-state index in [-0.39, 0.29) is 0 Å². The van der Waals surface area contributed by atoms with Crippen LogP contribution in [0.4, 0.5) is 0 Å². The highest BCUT2D eigenvalue weighted by atomic mass is 31.1. The van der Waals surface area contributed by atoms with E-state index in [9.17, 15) is 0 Å². The zero-order valence-electron chi connectivity index (χ0n) is 17.3. The second-order valence-corrected chi connectivity index (χ2v) is 10.4. The highest BCUT2D eigenvalue weighted by molar-refractivity contribution is 7.80. The average Bonchev–Trinajstić information content (AvgIpc) is 3.32. The molecule has 30 heavy (non-hydrogen) atoms. The SMILES string of the molecule is c1ccc(P(c2ccccc2)c2ccccc2C2=N[C@H](C3CCCCC3)CO2)cc1. The van der Waals surface area contributed by atoms with Crippen LogP contribution in [-0.2, 0) is 4.74 Å². The fourth-order valence-corrected chi connectivity index (χ4v) is 7.17. The number of hydrogen-bond acceptors (Lipinski definition) is 2. The first-order chi connectivity index (χ1) is 14.9. The van der Waals surface area contributed by atoms with Gasteiger partial charge in [0.15, 0.2) is 0 Å². The molecule has 0 aromatic heterocycles. The predicted molar refractivity (Wildman–Crippen MR) is 128 cm³/mol. The summed E-state index contributed by atoms with van der Waals surface area (Å²) in [6, 6.07) is 30.8. The molecule has 0 unspecified atom stereocenters. The normalized spacial score (nSPS) is 19.5. The van der Waals surface area contributed by atoms with Gasteiger partial charge in [0.2, 0.25) is 5.90 Å². The summed E-state index contributed by atoms with van der Waals surface area (Å²) >= 11 is 0. The van der Waals surface area contributed by atoms with Crippen molar-refractivity contribution < 1.29 is 4.74 Å². The molecule has 1 saturated carbocycles. The van der Waals surface area contributed by atoms with Crippen molar-refractivity contribution >= 4 is 29.7 Å². The van der Waals surface area contributed by atoms with Crippen LogP contribution in [0.5, 0.6) is 0 Å². The number of aliphatic imine (C=N–C) groups is 1. The topological polar surface area (TPSA) is 21.6 Å². The quantitative estimate of drug-likeness (QED) is 0.529. The smallest absolute Gasteiger partial charge is 0.217 e. The van der Waals surface area contributed by atoms with Crippen LogP contribution in [0.2, 0.25) is 0 Å². The fraction of sp³-hybridized carbons (Fsp3) is 0.296. The van der Waals surface area contributed by atoms with Crippen molar-refractivity contribution in [1.29, 1.82) is 0 Å². The van der Waals surface area contributed by atoms with Crippen molar-refractivity contribution in [3.05, 3.63) is 90.5 Å². The van der Waals surface area contributed by atoms with E-state index in [4.69, 9.17) is 9.73 Å². The third-order valence-electron chi connectivity index (χ3n) is 6.27. The molecule has 3 heteroatoms. The predicted octanol–water partition coefficient (Wildman–Crippen LogP) is 5.17. The summed E-state index contributed by atoms with van der Waals surface area (Å²) in [5.74, 6) is 1.54. The maximum absolute atomic E-state index is 6.23. The van der Waals surface area contributed by atoms with E-state index in [0.717, 1.165) is 18.1 Å². The molecular formula is C27H28NOP. The molecule has 1 aliphatic carbocycles. The molecule has 2 nitrogen and oxygen atoms in total. The molecule has 0 saturated heterocycles. The highest BCUT2D eigenvalue weighted by Gasteiger charge is 2.31. The molecule has 0 bridgehead atoms. The van der Waals surface area contributed by atoms with Gasteiger partial charge >= 0.3 is 0 Å². The van der Waals surface area contributed by atoms with Crippen molar-refractivity contribution in [3.63, 3.8) is 0 Å². The van der Waals surface area contributed by atoms with E-state index in [1.54, 1.807) is 0 Å². The second kappa shape index (κ2) is 9.14. The van der Waals surface area contributed by atoms with Gasteiger partial charge in [-0.25, -0.2) is 4.99 Å². The first-order valence-electron chi connectivity index (χ1n) is 11.1. The summed E-state index contributed by atoms with van der Waals surface area (Å²) in [5, 5.41) is 4.04. The lowest BCUT2D eigenvalue weighted by atomic mass is 9.84. The minimum atomic E-state index is -0.672. The third kappa shape index (κ3) is 4.07. The molecule has 1 fully saturated rings. The van der Waals surface area contributed by atoms with Crippen LogP contribution in [0, 0.1) is 5.92 Å². The van der Waals surface area contributed by atoms with Crippen LogP contribution < -0.4 is 15.9 Å². The van der Waals surface area contributed by atoms with Gasteiger partial charge < -0.3 is 4.74 Å². The summed E-state index contributed by atoms with van der Waals surface area (Å²) < 4.78 is 6.23. The molecule has 3 aromatic rings. The highest BCUT2D eigenvalue weighted by Crippen LogP contribution is 2.36. The first kappa shape index (κ1) is 19.5. The maximum atomic E-state index is 6.23. The molecule has 5 rings (SSSR count). The summed E-state index contributed by atoms with van der Waals surface area (Å²) in [7, 11) is -0.672. The number of ether oxygens (including phenoxy) is 1. The Morgan fingerprint density at radius 2 is 1.30 bits per heavy atom. The van der Waals surface area contributed by atoms with E-state index in [2.05, 4.69) is 84.9 Å². The fourth-order valence-electron chi connectivity index (χ4n) is 4.73. The molecule has 1 heterocycles. The molecular weight excluding hydrogens is 385 g/mol. The van der Waals surface area contributed by atoms with Crippen LogP contribution >= 0.6 is 7.92 Å². The van der Waals surface area contributed by atoms with Crippen LogP contribution in [0.1, 0.15) is 37.7 Å². The van der Waals surface area contributed by atoms with Gasteiger partial charge in [0.1, 0.15) is 6.61 Å². The van der Waals surface area contributed by atoms with Gasteiger partial charge in [-0.05, 0) is 48.7 Å². The van der Waals surface area contributed by atoms with Crippen LogP contribution in [-0.4, -0.2) is 18.5 Å². The Kier molecular flexibility index (Phi) is 5.95. The third-order valence-corrected chi connectivity index (χ3v) is 8.77.